The molecule has 0 atom stereocenters. The number of halogens is 1. The van der Waals surface area contributed by atoms with Crippen LogP contribution in [0, 0.1) is 6.92 Å². The van der Waals surface area contributed by atoms with Crippen LogP contribution in [0.25, 0.3) is 11.0 Å². The molecule has 0 aliphatic heterocycles. The number of hydrogen-bond donors (Lipinski definition) is 0. The van der Waals surface area contributed by atoms with Crippen LogP contribution in [0.15, 0.2) is 29.3 Å². The Hall–Kier alpha value is -1.20. The van der Waals surface area contributed by atoms with Gasteiger partial charge in [-0.15, -0.1) is 0 Å². The van der Waals surface area contributed by atoms with Crippen LogP contribution in [0.5, 0.6) is 0 Å². The molecule has 0 fully saturated rings. The van der Waals surface area contributed by atoms with Gasteiger partial charge < -0.3 is 0 Å². The van der Waals surface area contributed by atoms with Gasteiger partial charge in [0, 0.05) is 16.9 Å². The minimum atomic E-state index is -3.78. The molecule has 2 aromatic rings. The fourth-order valence-corrected chi connectivity index (χ4v) is 2.29. The molecule has 0 bridgehead atoms. The lowest BCUT2D eigenvalue weighted by atomic mass is 10.3. The predicted molar refractivity (Wildman–Crippen MR) is 57.3 cm³/mol. The van der Waals surface area contributed by atoms with E-state index in [2.05, 4.69) is 9.97 Å². The number of fused-ring (bicyclic) bond motifs is 1. The Morgan fingerprint density at radius 1 is 1.33 bits per heavy atom. The highest BCUT2D eigenvalue weighted by molar-refractivity contribution is 8.14. The van der Waals surface area contributed by atoms with Crippen LogP contribution in [-0.2, 0) is 9.05 Å². The number of benzene rings is 1. The molecule has 0 amide bonds. The second kappa shape index (κ2) is 3.43. The van der Waals surface area contributed by atoms with Gasteiger partial charge in [0.15, 0.2) is 0 Å². The molecule has 6 heteroatoms. The monoisotopic (exact) mass is 242 g/mol. The lowest BCUT2D eigenvalue weighted by Gasteiger charge is -2.02. The summed E-state index contributed by atoms with van der Waals surface area (Å²) in [6, 6.07) is 4.69. The van der Waals surface area contributed by atoms with Crippen molar-refractivity contribution in [2.75, 3.05) is 0 Å². The third-order valence-electron chi connectivity index (χ3n) is 1.92. The van der Waals surface area contributed by atoms with E-state index in [1.165, 1.54) is 6.07 Å². The molecule has 1 aromatic heterocycles. The van der Waals surface area contributed by atoms with Crippen LogP contribution in [0.3, 0.4) is 0 Å². The maximum absolute atomic E-state index is 11.3. The van der Waals surface area contributed by atoms with Crippen molar-refractivity contribution < 1.29 is 8.42 Å². The van der Waals surface area contributed by atoms with Crippen LogP contribution in [0.4, 0.5) is 0 Å². The smallest absolute Gasteiger partial charge is 0.253 e. The van der Waals surface area contributed by atoms with Crippen molar-refractivity contribution in [3.05, 3.63) is 30.1 Å². The summed E-state index contributed by atoms with van der Waals surface area (Å²) in [6.45, 7) is 1.74. The van der Waals surface area contributed by atoms with E-state index in [0.29, 0.717) is 16.7 Å². The first kappa shape index (κ1) is 10.3. The van der Waals surface area contributed by atoms with Crippen LogP contribution in [0.2, 0.25) is 0 Å². The molecule has 0 spiro atoms. The maximum Gasteiger partial charge on any atom is 0.263 e. The van der Waals surface area contributed by atoms with Crippen molar-refractivity contribution >= 4 is 30.8 Å². The zero-order valence-corrected chi connectivity index (χ0v) is 9.38. The minimum absolute atomic E-state index is 0.00198. The van der Waals surface area contributed by atoms with Gasteiger partial charge >= 0.3 is 0 Å². The summed E-state index contributed by atoms with van der Waals surface area (Å²) in [4.78, 5) is 8.18. The Labute approximate surface area is 91.3 Å². The summed E-state index contributed by atoms with van der Waals surface area (Å²) < 4.78 is 22.5. The summed E-state index contributed by atoms with van der Waals surface area (Å²) in [7, 11) is 1.52. The summed E-state index contributed by atoms with van der Waals surface area (Å²) in [5.41, 5.74) is 1.48. The Morgan fingerprint density at radius 3 is 2.73 bits per heavy atom. The second-order valence-corrected chi connectivity index (χ2v) is 5.61. The summed E-state index contributed by atoms with van der Waals surface area (Å²) in [6.07, 6.45) is 1.58. The SMILES string of the molecule is Cc1cnc2cccc(S(=O)(=O)Cl)c2n1. The Balaban J connectivity index is 2.92. The van der Waals surface area contributed by atoms with Gasteiger partial charge in [-0.1, -0.05) is 6.07 Å². The van der Waals surface area contributed by atoms with Crippen molar-refractivity contribution in [3.8, 4) is 0 Å². The summed E-state index contributed by atoms with van der Waals surface area (Å²) in [5.74, 6) is 0. The van der Waals surface area contributed by atoms with E-state index in [-0.39, 0.29) is 4.90 Å². The number of aryl methyl sites for hydroxylation is 1. The highest BCUT2D eigenvalue weighted by atomic mass is 35.7. The standard InChI is InChI=1S/C9H7ClN2O2S/c1-6-5-11-7-3-2-4-8(9(7)12-6)15(10,13)14/h2-5H,1H3. The average molecular weight is 243 g/mol. The van der Waals surface area contributed by atoms with E-state index in [9.17, 15) is 8.42 Å². The number of aromatic nitrogens is 2. The zero-order valence-electron chi connectivity index (χ0n) is 7.81. The molecular formula is C9H7ClN2O2S. The molecule has 4 nitrogen and oxygen atoms in total. The maximum atomic E-state index is 11.3. The van der Waals surface area contributed by atoms with E-state index >= 15 is 0 Å². The van der Waals surface area contributed by atoms with Gasteiger partial charge in [0.05, 0.1) is 11.2 Å². The van der Waals surface area contributed by atoms with Gasteiger partial charge in [-0.2, -0.15) is 0 Å². The molecular weight excluding hydrogens is 236 g/mol. The summed E-state index contributed by atoms with van der Waals surface area (Å²) >= 11 is 0. The Bertz CT molecular complexity index is 625. The predicted octanol–water partition coefficient (Wildman–Crippen LogP) is 1.87. The molecule has 1 heterocycles. The van der Waals surface area contributed by atoms with Gasteiger partial charge in [-0.3, -0.25) is 4.98 Å². The molecule has 2 rings (SSSR count). The quantitative estimate of drug-likeness (QED) is 0.717. The minimum Gasteiger partial charge on any atom is -0.253 e. The molecule has 0 saturated carbocycles. The highest BCUT2D eigenvalue weighted by Crippen LogP contribution is 2.22. The van der Waals surface area contributed by atoms with E-state index in [1.807, 2.05) is 0 Å². The van der Waals surface area contributed by atoms with Crippen LogP contribution < -0.4 is 0 Å². The third-order valence-corrected chi connectivity index (χ3v) is 3.27. The molecule has 78 valence electrons. The van der Waals surface area contributed by atoms with Gasteiger partial charge in [-0.25, -0.2) is 13.4 Å². The van der Waals surface area contributed by atoms with Crippen molar-refractivity contribution in [1.29, 1.82) is 0 Å². The third kappa shape index (κ3) is 1.93. The van der Waals surface area contributed by atoms with Gasteiger partial charge in [0.25, 0.3) is 9.05 Å². The van der Waals surface area contributed by atoms with Crippen molar-refractivity contribution in [3.63, 3.8) is 0 Å². The van der Waals surface area contributed by atoms with E-state index in [4.69, 9.17) is 10.7 Å². The molecule has 0 aliphatic rings. The lowest BCUT2D eigenvalue weighted by Crippen LogP contribution is -1.96. The van der Waals surface area contributed by atoms with Crippen molar-refractivity contribution in [1.82, 2.24) is 9.97 Å². The van der Waals surface area contributed by atoms with E-state index in [1.54, 1.807) is 25.3 Å². The normalized spacial score (nSPS) is 11.9. The topological polar surface area (TPSA) is 59.9 Å². The molecule has 0 saturated heterocycles. The van der Waals surface area contributed by atoms with Crippen LogP contribution in [0.1, 0.15) is 5.69 Å². The molecule has 0 aliphatic carbocycles. The molecule has 1 aromatic carbocycles. The van der Waals surface area contributed by atoms with Crippen LogP contribution in [-0.4, -0.2) is 18.4 Å². The fourth-order valence-electron chi connectivity index (χ4n) is 1.29. The number of para-hydroxylation sites is 1. The average Bonchev–Trinajstić information content (AvgIpc) is 2.15. The lowest BCUT2D eigenvalue weighted by molar-refractivity contribution is 0.610. The van der Waals surface area contributed by atoms with Crippen molar-refractivity contribution in [2.45, 2.75) is 11.8 Å². The first-order valence-electron chi connectivity index (χ1n) is 4.15. The molecule has 0 radical (unpaired) electrons. The first-order chi connectivity index (χ1) is 6.98. The molecule has 15 heavy (non-hydrogen) atoms. The van der Waals surface area contributed by atoms with Gasteiger partial charge in [0.2, 0.25) is 0 Å². The van der Waals surface area contributed by atoms with E-state index < -0.39 is 9.05 Å². The largest absolute Gasteiger partial charge is 0.263 e. The molecule has 0 N–H and O–H groups in total. The molecule has 0 unspecified atom stereocenters. The summed E-state index contributed by atoms with van der Waals surface area (Å²) in [5, 5.41) is 0. The zero-order chi connectivity index (χ0) is 11.1. The van der Waals surface area contributed by atoms with Gasteiger partial charge in [-0.05, 0) is 19.1 Å². The number of hydrogen-bond acceptors (Lipinski definition) is 4. The first-order valence-corrected chi connectivity index (χ1v) is 6.46. The van der Waals surface area contributed by atoms with Crippen molar-refractivity contribution in [2.24, 2.45) is 0 Å². The Morgan fingerprint density at radius 2 is 2.07 bits per heavy atom. The van der Waals surface area contributed by atoms with Crippen LogP contribution >= 0.6 is 10.7 Å². The fraction of sp³-hybridized carbons (Fsp3) is 0.111. The Kier molecular flexibility index (Phi) is 2.36. The highest BCUT2D eigenvalue weighted by Gasteiger charge is 2.15. The van der Waals surface area contributed by atoms with Gasteiger partial charge in [0.1, 0.15) is 10.4 Å². The second-order valence-electron chi connectivity index (χ2n) is 3.07. The number of rotatable bonds is 1. The van der Waals surface area contributed by atoms with E-state index in [0.717, 1.165) is 0 Å². The number of nitrogens with zero attached hydrogens (tertiary/aromatic N) is 2.